The average Bonchev–Trinajstić information content (AvgIpc) is 2.73. The number of amides is 2. The van der Waals surface area contributed by atoms with E-state index in [0.29, 0.717) is 37.4 Å². The number of hydrogen-bond donors (Lipinski definition) is 1. The summed E-state index contributed by atoms with van der Waals surface area (Å²) in [6.45, 7) is 2.69. The van der Waals surface area contributed by atoms with Crippen molar-refractivity contribution in [1.82, 2.24) is 9.88 Å². The van der Waals surface area contributed by atoms with Gasteiger partial charge in [0.25, 0.3) is 5.91 Å². The van der Waals surface area contributed by atoms with Gasteiger partial charge in [-0.1, -0.05) is 6.07 Å². The molecule has 2 heterocycles. The molecule has 1 fully saturated rings. The van der Waals surface area contributed by atoms with Gasteiger partial charge in [-0.2, -0.15) is 0 Å². The molecular formula is C19H20N4O4. The number of esters is 1. The smallest absolute Gasteiger partial charge is 0.337 e. The molecule has 0 atom stereocenters. The minimum Gasteiger partial charge on any atom is -0.465 e. The summed E-state index contributed by atoms with van der Waals surface area (Å²) in [6.07, 6.45) is 2.44. The summed E-state index contributed by atoms with van der Waals surface area (Å²) in [5.41, 5.74) is 1.98. The van der Waals surface area contributed by atoms with Gasteiger partial charge in [0.1, 0.15) is 5.69 Å². The van der Waals surface area contributed by atoms with Gasteiger partial charge in [0, 0.05) is 43.8 Å². The highest BCUT2D eigenvalue weighted by atomic mass is 16.5. The van der Waals surface area contributed by atoms with Crippen LogP contribution in [-0.2, 0) is 9.53 Å². The lowest BCUT2D eigenvalue weighted by molar-refractivity contribution is -0.118. The Labute approximate surface area is 156 Å². The summed E-state index contributed by atoms with van der Waals surface area (Å²) >= 11 is 0. The monoisotopic (exact) mass is 368 g/mol. The van der Waals surface area contributed by atoms with Crippen LogP contribution < -0.4 is 10.2 Å². The zero-order valence-corrected chi connectivity index (χ0v) is 14.9. The third-order valence-electron chi connectivity index (χ3n) is 4.35. The largest absolute Gasteiger partial charge is 0.465 e. The molecule has 2 amide bonds. The number of benzene rings is 1. The lowest BCUT2D eigenvalue weighted by Gasteiger charge is -2.34. The Morgan fingerprint density at radius 2 is 1.93 bits per heavy atom. The molecule has 1 saturated heterocycles. The number of anilines is 2. The molecule has 1 N–H and O–H groups in total. The number of carbonyl (C=O) groups excluding carboxylic acids is 3. The fourth-order valence-electron chi connectivity index (χ4n) is 2.86. The summed E-state index contributed by atoms with van der Waals surface area (Å²) in [4.78, 5) is 42.9. The quantitative estimate of drug-likeness (QED) is 0.634. The van der Waals surface area contributed by atoms with E-state index in [1.807, 2.05) is 6.07 Å². The van der Waals surface area contributed by atoms with Crippen molar-refractivity contribution in [3.8, 4) is 0 Å². The van der Waals surface area contributed by atoms with E-state index in [1.165, 1.54) is 7.11 Å². The first-order chi connectivity index (χ1) is 13.1. The fourth-order valence-corrected chi connectivity index (χ4v) is 2.86. The third kappa shape index (κ3) is 4.41. The number of rotatable bonds is 5. The van der Waals surface area contributed by atoms with E-state index in [9.17, 15) is 14.4 Å². The van der Waals surface area contributed by atoms with Crippen LogP contribution in [0.25, 0.3) is 0 Å². The van der Waals surface area contributed by atoms with Crippen LogP contribution in [0.2, 0.25) is 0 Å². The van der Waals surface area contributed by atoms with Gasteiger partial charge in [-0.15, -0.1) is 0 Å². The number of carbonyl (C=O) groups is 3. The highest BCUT2D eigenvalue weighted by Gasteiger charge is 2.17. The SMILES string of the molecule is COC(=O)c1cccc(NC(=O)c2cc(N3CCN(C=O)CC3)ccn2)c1. The predicted octanol–water partition coefficient (Wildman–Crippen LogP) is 1.40. The summed E-state index contributed by atoms with van der Waals surface area (Å²) in [6, 6.07) is 10.1. The first kappa shape index (κ1) is 18.4. The van der Waals surface area contributed by atoms with E-state index < -0.39 is 5.97 Å². The lowest BCUT2D eigenvalue weighted by Crippen LogP contribution is -2.45. The third-order valence-corrected chi connectivity index (χ3v) is 4.35. The second-order valence-electron chi connectivity index (χ2n) is 6.05. The van der Waals surface area contributed by atoms with E-state index in [4.69, 9.17) is 0 Å². The van der Waals surface area contributed by atoms with Crippen LogP contribution >= 0.6 is 0 Å². The van der Waals surface area contributed by atoms with Gasteiger partial charge in [-0.05, 0) is 30.3 Å². The van der Waals surface area contributed by atoms with Gasteiger partial charge < -0.3 is 19.9 Å². The molecule has 0 unspecified atom stereocenters. The van der Waals surface area contributed by atoms with Gasteiger partial charge in [-0.3, -0.25) is 14.6 Å². The van der Waals surface area contributed by atoms with Crippen LogP contribution in [0.5, 0.6) is 0 Å². The lowest BCUT2D eigenvalue weighted by atomic mass is 10.2. The zero-order chi connectivity index (χ0) is 19.2. The van der Waals surface area contributed by atoms with E-state index in [2.05, 4.69) is 19.9 Å². The number of aromatic nitrogens is 1. The second-order valence-corrected chi connectivity index (χ2v) is 6.05. The van der Waals surface area contributed by atoms with E-state index in [-0.39, 0.29) is 11.6 Å². The molecule has 3 rings (SSSR count). The van der Waals surface area contributed by atoms with E-state index >= 15 is 0 Å². The van der Waals surface area contributed by atoms with Crippen molar-refractivity contribution in [3.05, 3.63) is 53.9 Å². The van der Waals surface area contributed by atoms with Crippen molar-refractivity contribution in [1.29, 1.82) is 0 Å². The van der Waals surface area contributed by atoms with Gasteiger partial charge in [0.2, 0.25) is 6.41 Å². The van der Waals surface area contributed by atoms with Crippen LogP contribution in [0.4, 0.5) is 11.4 Å². The molecule has 1 aliphatic heterocycles. The molecule has 0 spiro atoms. The Balaban J connectivity index is 1.71. The maximum Gasteiger partial charge on any atom is 0.337 e. The molecule has 1 aliphatic rings. The minimum atomic E-state index is -0.472. The van der Waals surface area contributed by atoms with Crippen molar-refractivity contribution in [2.45, 2.75) is 0 Å². The van der Waals surface area contributed by atoms with Crippen LogP contribution in [0.15, 0.2) is 42.6 Å². The number of hydrogen-bond acceptors (Lipinski definition) is 6. The predicted molar refractivity (Wildman–Crippen MR) is 99.8 cm³/mol. The van der Waals surface area contributed by atoms with E-state index in [1.54, 1.807) is 41.4 Å². The second kappa shape index (κ2) is 8.31. The van der Waals surface area contributed by atoms with Crippen LogP contribution in [-0.4, -0.2) is 61.5 Å². The van der Waals surface area contributed by atoms with Crippen molar-refractivity contribution < 1.29 is 19.1 Å². The Morgan fingerprint density at radius 3 is 2.63 bits per heavy atom. The van der Waals surface area contributed by atoms with Crippen LogP contribution in [0.1, 0.15) is 20.8 Å². The normalized spacial score (nSPS) is 13.8. The highest BCUT2D eigenvalue weighted by Crippen LogP contribution is 2.18. The summed E-state index contributed by atoms with van der Waals surface area (Å²) in [5, 5.41) is 2.74. The average molecular weight is 368 g/mol. The number of pyridine rings is 1. The number of nitrogens with zero attached hydrogens (tertiary/aromatic N) is 3. The number of ether oxygens (including phenoxy) is 1. The zero-order valence-electron chi connectivity index (χ0n) is 14.9. The molecule has 0 aliphatic carbocycles. The van der Waals surface area contributed by atoms with E-state index in [0.717, 1.165) is 12.1 Å². The van der Waals surface area contributed by atoms with Crippen molar-refractivity contribution in [2.24, 2.45) is 0 Å². The summed E-state index contributed by atoms with van der Waals surface area (Å²) in [5.74, 6) is -0.842. The molecule has 8 nitrogen and oxygen atoms in total. The first-order valence-electron chi connectivity index (χ1n) is 8.51. The maximum atomic E-state index is 12.5. The molecule has 0 radical (unpaired) electrons. The Bertz CT molecular complexity index is 847. The molecular weight excluding hydrogens is 348 g/mol. The standard InChI is InChI=1S/C19H20N4O4/c1-27-19(26)14-3-2-4-15(11-14)21-18(25)17-12-16(5-6-20-17)23-9-7-22(13-24)8-10-23/h2-6,11-13H,7-10H2,1H3,(H,21,25). The first-order valence-corrected chi connectivity index (χ1v) is 8.51. The minimum absolute atomic E-state index is 0.272. The number of methoxy groups -OCH3 is 1. The Morgan fingerprint density at radius 1 is 1.15 bits per heavy atom. The maximum absolute atomic E-state index is 12.5. The highest BCUT2D eigenvalue weighted by molar-refractivity contribution is 6.04. The Kier molecular flexibility index (Phi) is 5.65. The van der Waals surface area contributed by atoms with Crippen LogP contribution in [0.3, 0.4) is 0 Å². The van der Waals surface area contributed by atoms with Crippen LogP contribution in [0, 0.1) is 0 Å². The molecule has 0 saturated carbocycles. The topological polar surface area (TPSA) is 91.8 Å². The van der Waals surface area contributed by atoms with Gasteiger partial charge >= 0.3 is 5.97 Å². The molecule has 8 heteroatoms. The number of piperazine rings is 1. The van der Waals surface area contributed by atoms with Gasteiger partial charge in [0.05, 0.1) is 12.7 Å². The summed E-state index contributed by atoms with van der Waals surface area (Å²) in [7, 11) is 1.30. The molecule has 0 bridgehead atoms. The van der Waals surface area contributed by atoms with Crippen molar-refractivity contribution in [2.75, 3.05) is 43.5 Å². The van der Waals surface area contributed by atoms with Gasteiger partial charge in [0.15, 0.2) is 0 Å². The van der Waals surface area contributed by atoms with Crippen molar-refractivity contribution >= 4 is 29.7 Å². The molecule has 27 heavy (non-hydrogen) atoms. The number of nitrogens with one attached hydrogen (secondary N) is 1. The summed E-state index contributed by atoms with van der Waals surface area (Å²) < 4.78 is 4.68. The molecule has 2 aromatic rings. The molecule has 140 valence electrons. The molecule has 1 aromatic carbocycles. The Hall–Kier alpha value is -3.42. The fraction of sp³-hybridized carbons (Fsp3) is 0.263. The molecule has 1 aromatic heterocycles. The van der Waals surface area contributed by atoms with Crippen molar-refractivity contribution in [3.63, 3.8) is 0 Å². The van der Waals surface area contributed by atoms with Gasteiger partial charge in [-0.25, -0.2) is 4.79 Å².